The van der Waals surface area contributed by atoms with Gasteiger partial charge in [-0.2, -0.15) is 4.98 Å². The summed E-state index contributed by atoms with van der Waals surface area (Å²) in [6.45, 7) is 1.88. The number of aromatic nitrogens is 2. The molecule has 1 aliphatic rings. The number of para-hydroxylation sites is 1. The van der Waals surface area contributed by atoms with E-state index < -0.39 is 0 Å². The average molecular weight is 498 g/mol. The topological polar surface area (TPSA) is 62.3 Å². The zero-order valence-electron chi connectivity index (χ0n) is 19.1. The molecule has 1 aliphatic carbocycles. The molecule has 0 unspecified atom stereocenters. The Kier molecular flexibility index (Phi) is 7.48. The highest BCUT2D eigenvalue weighted by molar-refractivity contribution is 9.10. The second-order valence-electron chi connectivity index (χ2n) is 8.73. The van der Waals surface area contributed by atoms with Crippen LogP contribution >= 0.6 is 15.9 Å². The molecule has 0 radical (unpaired) electrons. The van der Waals surface area contributed by atoms with Gasteiger partial charge in [0.2, 0.25) is 5.95 Å². The number of nitrogens with zero attached hydrogens (tertiary/aromatic N) is 3. The third-order valence-corrected chi connectivity index (χ3v) is 6.96. The van der Waals surface area contributed by atoms with Gasteiger partial charge in [-0.1, -0.05) is 28.1 Å². The van der Waals surface area contributed by atoms with Crippen LogP contribution in [-0.2, 0) is 6.54 Å². The molecule has 6 nitrogen and oxygen atoms in total. The van der Waals surface area contributed by atoms with Gasteiger partial charge in [0.25, 0.3) is 0 Å². The molecule has 2 aromatic carbocycles. The Morgan fingerprint density at radius 1 is 1.06 bits per heavy atom. The highest BCUT2D eigenvalue weighted by Crippen LogP contribution is 2.28. The smallest absolute Gasteiger partial charge is 0.225 e. The Labute approximate surface area is 198 Å². The number of methoxy groups -OCH3 is 1. The van der Waals surface area contributed by atoms with E-state index in [2.05, 4.69) is 49.7 Å². The predicted molar refractivity (Wildman–Crippen MR) is 136 cm³/mol. The van der Waals surface area contributed by atoms with Crippen molar-refractivity contribution in [3.8, 4) is 5.75 Å². The first-order chi connectivity index (χ1) is 15.5. The van der Waals surface area contributed by atoms with E-state index in [-0.39, 0.29) is 0 Å². The van der Waals surface area contributed by atoms with Crippen LogP contribution in [0.5, 0.6) is 5.75 Å². The molecule has 2 N–H and O–H groups in total. The molecule has 32 heavy (non-hydrogen) atoms. The van der Waals surface area contributed by atoms with Gasteiger partial charge in [0.05, 0.1) is 12.6 Å². The summed E-state index contributed by atoms with van der Waals surface area (Å²) in [4.78, 5) is 11.6. The van der Waals surface area contributed by atoms with E-state index >= 15 is 0 Å². The van der Waals surface area contributed by atoms with Crippen molar-refractivity contribution in [2.45, 2.75) is 38.3 Å². The van der Waals surface area contributed by atoms with Gasteiger partial charge in [0, 0.05) is 36.5 Å². The lowest BCUT2D eigenvalue weighted by Gasteiger charge is -2.29. The third kappa shape index (κ3) is 5.51. The summed E-state index contributed by atoms with van der Waals surface area (Å²) in [6, 6.07) is 14.7. The maximum Gasteiger partial charge on any atom is 0.225 e. The lowest BCUT2D eigenvalue weighted by atomic mass is 9.86. The first kappa shape index (κ1) is 22.8. The molecular formula is C25H32BrN5O. The van der Waals surface area contributed by atoms with E-state index in [1.165, 1.54) is 18.4 Å². The van der Waals surface area contributed by atoms with Gasteiger partial charge >= 0.3 is 0 Å². The van der Waals surface area contributed by atoms with Crippen molar-refractivity contribution in [2.24, 2.45) is 5.92 Å². The number of ether oxygens (including phenoxy) is 1. The lowest BCUT2D eigenvalue weighted by Crippen LogP contribution is -2.31. The molecule has 1 heterocycles. The molecule has 1 aromatic heterocycles. The highest BCUT2D eigenvalue weighted by Gasteiger charge is 2.22. The number of rotatable bonds is 8. The lowest BCUT2D eigenvalue weighted by molar-refractivity contribution is 0.323. The fourth-order valence-corrected chi connectivity index (χ4v) is 4.77. The molecule has 170 valence electrons. The Hall–Kier alpha value is -2.38. The molecule has 7 heteroatoms. The minimum atomic E-state index is 0.426. The van der Waals surface area contributed by atoms with Gasteiger partial charge in [0.15, 0.2) is 0 Å². The first-order valence-electron chi connectivity index (χ1n) is 11.3. The van der Waals surface area contributed by atoms with E-state index in [1.54, 1.807) is 7.11 Å². The van der Waals surface area contributed by atoms with Crippen LogP contribution < -0.4 is 20.3 Å². The normalized spacial score (nSPS) is 18.5. The number of anilines is 2. The summed E-state index contributed by atoms with van der Waals surface area (Å²) in [5, 5.41) is 8.32. The Morgan fingerprint density at radius 2 is 1.84 bits per heavy atom. The maximum atomic E-state index is 5.34. The Balaban J connectivity index is 1.29. The van der Waals surface area contributed by atoms with Crippen LogP contribution in [0.15, 0.2) is 46.9 Å². The largest absolute Gasteiger partial charge is 0.497 e. The molecule has 0 spiro atoms. The zero-order valence-corrected chi connectivity index (χ0v) is 20.7. The summed E-state index contributed by atoms with van der Waals surface area (Å²) >= 11 is 3.64. The van der Waals surface area contributed by atoms with Gasteiger partial charge in [-0.05, 0) is 74.0 Å². The molecule has 4 rings (SSSR count). The molecule has 0 saturated heterocycles. The summed E-state index contributed by atoms with van der Waals surface area (Å²) in [5.41, 5.74) is 2.21. The van der Waals surface area contributed by atoms with Gasteiger partial charge in [-0.3, -0.25) is 0 Å². The molecule has 1 fully saturated rings. The van der Waals surface area contributed by atoms with Crippen LogP contribution in [0.2, 0.25) is 0 Å². The monoisotopic (exact) mass is 497 g/mol. The van der Waals surface area contributed by atoms with Gasteiger partial charge < -0.3 is 20.3 Å². The fourth-order valence-electron chi connectivity index (χ4n) is 4.38. The van der Waals surface area contributed by atoms with Crippen molar-refractivity contribution >= 4 is 38.6 Å². The van der Waals surface area contributed by atoms with E-state index in [1.807, 2.05) is 38.4 Å². The second-order valence-corrected chi connectivity index (χ2v) is 9.59. The number of hydrogen-bond donors (Lipinski definition) is 2. The Bertz CT molecular complexity index is 1050. The minimum absolute atomic E-state index is 0.426. The van der Waals surface area contributed by atoms with Gasteiger partial charge in [-0.25, -0.2) is 4.98 Å². The summed E-state index contributed by atoms with van der Waals surface area (Å²) in [7, 11) is 5.76. The predicted octanol–water partition coefficient (Wildman–Crippen LogP) is 5.23. The molecule has 1 saturated carbocycles. The number of halogens is 1. The van der Waals surface area contributed by atoms with Crippen molar-refractivity contribution in [3.05, 3.63) is 52.5 Å². The van der Waals surface area contributed by atoms with Gasteiger partial charge in [0.1, 0.15) is 11.6 Å². The second kappa shape index (κ2) is 10.5. The van der Waals surface area contributed by atoms with E-state index in [0.29, 0.717) is 12.0 Å². The molecular weight excluding hydrogens is 466 g/mol. The van der Waals surface area contributed by atoms with Crippen LogP contribution in [0.3, 0.4) is 0 Å². The van der Waals surface area contributed by atoms with Crippen LogP contribution in [0.4, 0.5) is 11.8 Å². The van der Waals surface area contributed by atoms with Crippen molar-refractivity contribution in [1.29, 1.82) is 0 Å². The average Bonchev–Trinajstić information content (AvgIpc) is 2.81. The standard InChI is InChI=1S/C25H32BrN5O/c1-31(2)24-21-6-4-5-7-23(21)29-25(30-24)28-19-10-8-17(9-11-19)15-27-16-18-14-20(32-3)12-13-22(18)26/h4-7,12-14,17,19,27H,8-11,15-16H2,1-3H3,(H,28,29,30)/t17-,19+. The van der Waals surface area contributed by atoms with E-state index in [9.17, 15) is 0 Å². The van der Waals surface area contributed by atoms with E-state index in [0.717, 1.165) is 58.8 Å². The van der Waals surface area contributed by atoms with Crippen LogP contribution in [0.1, 0.15) is 31.2 Å². The molecule has 0 bridgehead atoms. The van der Waals surface area contributed by atoms with Crippen LogP contribution in [-0.4, -0.2) is 43.8 Å². The van der Waals surface area contributed by atoms with Gasteiger partial charge in [-0.15, -0.1) is 0 Å². The fraction of sp³-hybridized carbons (Fsp3) is 0.440. The maximum absolute atomic E-state index is 5.34. The molecule has 3 aromatic rings. The van der Waals surface area contributed by atoms with Crippen molar-refractivity contribution in [3.63, 3.8) is 0 Å². The number of benzene rings is 2. The summed E-state index contributed by atoms with van der Waals surface area (Å²) in [5.74, 6) is 3.29. The SMILES string of the molecule is COc1ccc(Br)c(CNC[C@H]2CC[C@@H](Nc3nc(N(C)C)c4ccccc4n3)CC2)c1. The van der Waals surface area contributed by atoms with E-state index in [4.69, 9.17) is 14.7 Å². The molecule has 0 atom stereocenters. The number of nitrogens with one attached hydrogen (secondary N) is 2. The Morgan fingerprint density at radius 3 is 2.59 bits per heavy atom. The highest BCUT2D eigenvalue weighted by atomic mass is 79.9. The third-order valence-electron chi connectivity index (χ3n) is 6.19. The summed E-state index contributed by atoms with van der Waals surface area (Å²) < 4.78 is 6.46. The number of fused-ring (bicyclic) bond motifs is 1. The summed E-state index contributed by atoms with van der Waals surface area (Å²) in [6.07, 6.45) is 4.70. The van der Waals surface area contributed by atoms with Crippen LogP contribution in [0, 0.1) is 5.92 Å². The molecule has 0 aliphatic heterocycles. The zero-order chi connectivity index (χ0) is 22.5. The van der Waals surface area contributed by atoms with Crippen molar-refractivity contribution in [1.82, 2.24) is 15.3 Å². The first-order valence-corrected chi connectivity index (χ1v) is 12.1. The van der Waals surface area contributed by atoms with Crippen LogP contribution in [0.25, 0.3) is 10.9 Å². The van der Waals surface area contributed by atoms with Crippen molar-refractivity contribution < 1.29 is 4.74 Å². The minimum Gasteiger partial charge on any atom is -0.497 e. The molecule has 0 amide bonds. The number of hydrogen-bond acceptors (Lipinski definition) is 6. The van der Waals surface area contributed by atoms with Crippen molar-refractivity contribution in [2.75, 3.05) is 38.0 Å². The quantitative estimate of drug-likeness (QED) is 0.444.